The van der Waals surface area contributed by atoms with Crippen molar-refractivity contribution in [2.45, 2.75) is 19.3 Å². The first kappa shape index (κ1) is 24.3. The Morgan fingerprint density at radius 1 is 1.05 bits per heavy atom. The van der Waals surface area contributed by atoms with Gasteiger partial charge in [-0.1, -0.05) is 6.58 Å². The lowest BCUT2D eigenvalue weighted by molar-refractivity contribution is -0.115. The zero-order valence-corrected chi connectivity index (χ0v) is 21.4. The molecule has 0 fully saturated rings. The number of benzene rings is 1. The number of nitrogens with zero attached hydrogens (tertiary/aromatic N) is 3. The lowest BCUT2D eigenvalue weighted by Gasteiger charge is -2.28. The summed E-state index contributed by atoms with van der Waals surface area (Å²) in [5, 5.41) is 9.27. The van der Waals surface area contributed by atoms with Crippen LogP contribution >= 0.6 is 11.3 Å². The molecule has 4 amide bonds. The fourth-order valence-electron chi connectivity index (χ4n) is 4.62. The second-order valence-electron chi connectivity index (χ2n) is 8.82. The molecule has 0 saturated heterocycles. The van der Waals surface area contributed by atoms with E-state index in [9.17, 15) is 14.4 Å². The first-order valence-corrected chi connectivity index (χ1v) is 13.0. The van der Waals surface area contributed by atoms with Crippen molar-refractivity contribution in [1.82, 2.24) is 20.6 Å². The minimum absolute atomic E-state index is 0.325. The number of thiophene rings is 1. The molecule has 1 aromatic carbocycles. The number of ether oxygens (including phenoxy) is 1. The van der Waals surface area contributed by atoms with Gasteiger partial charge in [0.2, 0.25) is 5.91 Å². The molecule has 6 rings (SSSR count). The highest BCUT2D eigenvalue weighted by molar-refractivity contribution is 7.21. The molecule has 194 valence electrons. The summed E-state index contributed by atoms with van der Waals surface area (Å²) in [4.78, 5) is 49.5. The average molecular weight is 539 g/mol. The van der Waals surface area contributed by atoms with Crippen LogP contribution in [-0.2, 0) is 4.79 Å². The number of nitrogens with one attached hydrogen (secondary N) is 3. The van der Waals surface area contributed by atoms with Crippen LogP contribution in [0.15, 0.2) is 85.1 Å². The minimum atomic E-state index is -0.401. The summed E-state index contributed by atoms with van der Waals surface area (Å²) in [6.07, 6.45) is 8.18. The molecular weight excluding hydrogens is 516 g/mol. The molecule has 11 heteroatoms. The standard InChI is InChI=1S/C28H22N6O4S/c1-2-22(35)31-19-6-3-7-20(19)32-26(36)25-24-23-21(12-14-30-27(23)39-25)34(28(37)33-24)16-8-10-17(11-9-16)38-18-5-4-13-29-15-18/h2,4-5,8-15H,1,3,6-7H2,(H,31,35)(H,32,36)(H,33,37). The van der Waals surface area contributed by atoms with Crippen molar-refractivity contribution in [3.05, 3.63) is 90.0 Å². The number of urea groups is 1. The van der Waals surface area contributed by atoms with Crippen LogP contribution < -0.4 is 25.6 Å². The summed E-state index contributed by atoms with van der Waals surface area (Å²) in [5.41, 5.74) is 3.00. The average Bonchev–Trinajstić information content (AvgIpc) is 3.54. The molecule has 3 N–H and O–H groups in total. The van der Waals surface area contributed by atoms with E-state index in [0.717, 1.165) is 6.42 Å². The maximum absolute atomic E-state index is 13.4. The van der Waals surface area contributed by atoms with Gasteiger partial charge in [0, 0.05) is 23.8 Å². The van der Waals surface area contributed by atoms with E-state index >= 15 is 0 Å². The zero-order chi connectivity index (χ0) is 26.9. The second kappa shape index (κ2) is 10.0. The molecule has 4 aromatic rings. The third-order valence-electron chi connectivity index (χ3n) is 6.36. The smallest absolute Gasteiger partial charge is 0.331 e. The van der Waals surface area contributed by atoms with Gasteiger partial charge in [0.1, 0.15) is 21.2 Å². The number of allylic oxidation sites excluding steroid dienone is 2. The van der Waals surface area contributed by atoms with Gasteiger partial charge in [0.25, 0.3) is 5.91 Å². The third-order valence-corrected chi connectivity index (χ3v) is 7.46. The number of pyridine rings is 2. The highest BCUT2D eigenvalue weighted by Crippen LogP contribution is 2.46. The Bertz CT molecular complexity index is 1660. The summed E-state index contributed by atoms with van der Waals surface area (Å²) >= 11 is 1.20. The van der Waals surface area contributed by atoms with Crippen molar-refractivity contribution in [3.8, 4) is 11.5 Å². The van der Waals surface area contributed by atoms with Gasteiger partial charge in [0.15, 0.2) is 0 Å². The molecule has 39 heavy (non-hydrogen) atoms. The molecule has 1 aliphatic carbocycles. The molecule has 0 spiro atoms. The molecule has 4 heterocycles. The predicted molar refractivity (Wildman–Crippen MR) is 148 cm³/mol. The van der Waals surface area contributed by atoms with Crippen LogP contribution in [0.5, 0.6) is 11.5 Å². The summed E-state index contributed by atoms with van der Waals surface area (Å²) in [7, 11) is 0. The number of hydrogen-bond acceptors (Lipinski definition) is 7. The molecule has 0 saturated carbocycles. The van der Waals surface area contributed by atoms with Crippen LogP contribution in [0.25, 0.3) is 10.2 Å². The van der Waals surface area contributed by atoms with E-state index in [4.69, 9.17) is 4.74 Å². The molecule has 0 atom stereocenters. The van der Waals surface area contributed by atoms with E-state index in [2.05, 4.69) is 32.5 Å². The monoisotopic (exact) mass is 538 g/mol. The van der Waals surface area contributed by atoms with Gasteiger partial charge in [-0.25, -0.2) is 9.78 Å². The van der Waals surface area contributed by atoms with Gasteiger partial charge in [-0.05, 0) is 67.8 Å². The van der Waals surface area contributed by atoms with Crippen LogP contribution in [0, 0.1) is 0 Å². The molecule has 3 aromatic heterocycles. The molecule has 10 nitrogen and oxygen atoms in total. The van der Waals surface area contributed by atoms with E-state index in [1.54, 1.807) is 66.0 Å². The van der Waals surface area contributed by atoms with E-state index in [-0.39, 0.29) is 11.8 Å². The maximum Gasteiger partial charge on any atom is 0.331 e. The molecule has 1 aliphatic heterocycles. The van der Waals surface area contributed by atoms with Gasteiger partial charge in [-0.2, -0.15) is 0 Å². The van der Waals surface area contributed by atoms with Gasteiger partial charge >= 0.3 is 6.03 Å². The fourth-order valence-corrected chi connectivity index (χ4v) is 5.64. The number of carbonyl (C=O) groups is 3. The summed E-state index contributed by atoms with van der Waals surface area (Å²) in [6, 6.07) is 12.1. The van der Waals surface area contributed by atoms with Crippen molar-refractivity contribution in [3.63, 3.8) is 0 Å². The lowest BCUT2D eigenvalue weighted by atomic mass is 10.1. The number of carbonyl (C=O) groups excluding carboxylic acids is 3. The highest BCUT2D eigenvalue weighted by atomic mass is 32.1. The maximum atomic E-state index is 13.4. The number of hydrogen-bond donors (Lipinski definition) is 3. The van der Waals surface area contributed by atoms with Crippen molar-refractivity contribution in [1.29, 1.82) is 0 Å². The van der Waals surface area contributed by atoms with Crippen LogP contribution in [0.3, 0.4) is 0 Å². The van der Waals surface area contributed by atoms with Gasteiger partial charge in [-0.15, -0.1) is 11.3 Å². The highest BCUT2D eigenvalue weighted by Gasteiger charge is 2.33. The topological polar surface area (TPSA) is 126 Å². The molecule has 0 unspecified atom stereocenters. The Morgan fingerprint density at radius 3 is 2.59 bits per heavy atom. The van der Waals surface area contributed by atoms with E-state index in [1.807, 2.05) is 0 Å². The largest absolute Gasteiger partial charge is 0.456 e. The van der Waals surface area contributed by atoms with Crippen LogP contribution in [0.4, 0.5) is 21.9 Å². The van der Waals surface area contributed by atoms with Gasteiger partial charge in [0.05, 0.1) is 28.6 Å². The summed E-state index contributed by atoms with van der Waals surface area (Å²) in [6.45, 7) is 3.47. The third kappa shape index (κ3) is 4.59. The Kier molecular flexibility index (Phi) is 6.25. The summed E-state index contributed by atoms with van der Waals surface area (Å²) in [5.74, 6) is 0.513. The predicted octanol–water partition coefficient (Wildman–Crippen LogP) is 5.59. The zero-order valence-electron chi connectivity index (χ0n) is 20.6. The van der Waals surface area contributed by atoms with E-state index < -0.39 is 6.03 Å². The Balaban J connectivity index is 1.30. The molecule has 0 radical (unpaired) electrons. The van der Waals surface area contributed by atoms with Gasteiger partial charge in [-0.3, -0.25) is 19.5 Å². The first-order valence-electron chi connectivity index (χ1n) is 12.2. The molecule has 0 bridgehead atoms. The Morgan fingerprint density at radius 2 is 1.85 bits per heavy atom. The van der Waals surface area contributed by atoms with Crippen LogP contribution in [0.1, 0.15) is 28.9 Å². The minimum Gasteiger partial charge on any atom is -0.456 e. The Hall–Kier alpha value is -5.03. The number of anilines is 3. The Labute approximate surface area is 227 Å². The fraction of sp³-hybridized carbons (Fsp3) is 0.107. The van der Waals surface area contributed by atoms with E-state index in [1.165, 1.54) is 17.4 Å². The quantitative estimate of drug-likeness (QED) is 0.263. The van der Waals surface area contributed by atoms with Crippen molar-refractivity contribution < 1.29 is 19.1 Å². The SMILES string of the molecule is C=CC(=O)NC1=C(NC(=O)c2sc3nccc4c3c2NC(=O)N4c2ccc(Oc3cccnc3)cc2)CCC1. The van der Waals surface area contributed by atoms with Crippen molar-refractivity contribution in [2.24, 2.45) is 0 Å². The lowest BCUT2D eigenvalue weighted by Crippen LogP contribution is -2.34. The molecular formula is C28H22N6O4S. The first-order chi connectivity index (χ1) is 19.0. The van der Waals surface area contributed by atoms with E-state index in [0.29, 0.717) is 67.9 Å². The van der Waals surface area contributed by atoms with Crippen molar-refractivity contribution in [2.75, 3.05) is 10.2 Å². The van der Waals surface area contributed by atoms with Crippen molar-refractivity contribution >= 4 is 56.5 Å². The van der Waals surface area contributed by atoms with Gasteiger partial charge < -0.3 is 20.7 Å². The van der Waals surface area contributed by atoms with Crippen LogP contribution in [-0.4, -0.2) is 27.8 Å². The second-order valence-corrected chi connectivity index (χ2v) is 9.82. The number of rotatable bonds is 7. The normalized spacial score (nSPS) is 14.3. The number of amides is 4. The number of aromatic nitrogens is 2. The summed E-state index contributed by atoms with van der Waals surface area (Å²) < 4.78 is 5.81. The molecule has 2 aliphatic rings. The van der Waals surface area contributed by atoms with Crippen LogP contribution in [0.2, 0.25) is 0 Å².